The molecule has 29 heavy (non-hydrogen) atoms. The third-order valence-electron chi connectivity index (χ3n) is 4.39. The average molecular weight is 465 g/mol. The van der Waals surface area contributed by atoms with Gasteiger partial charge >= 0.3 is 0 Å². The Balaban J connectivity index is 1.48. The van der Waals surface area contributed by atoms with E-state index in [0.717, 1.165) is 26.7 Å². The number of nitrogens with one attached hydrogen (secondary N) is 1. The van der Waals surface area contributed by atoms with Crippen molar-refractivity contribution in [3.05, 3.63) is 82.2 Å². The normalized spacial score (nSPS) is 11.1. The number of nitrogens with zero attached hydrogens (tertiary/aromatic N) is 1. The van der Waals surface area contributed by atoms with Crippen molar-refractivity contribution in [1.82, 2.24) is 4.98 Å². The van der Waals surface area contributed by atoms with Gasteiger partial charge in [0.25, 0.3) is 0 Å². The first kappa shape index (κ1) is 19.4. The number of rotatable bonds is 5. The maximum absolute atomic E-state index is 12.3. The van der Waals surface area contributed by atoms with Gasteiger partial charge in [-0.2, -0.15) is 0 Å². The zero-order chi connectivity index (χ0) is 20.2. The molecule has 0 spiro atoms. The summed E-state index contributed by atoms with van der Waals surface area (Å²) in [6, 6.07) is 20.1. The Bertz CT molecular complexity index is 1220. The number of methoxy groups -OCH3 is 1. The molecule has 4 aromatic rings. The Morgan fingerprint density at radius 3 is 2.76 bits per heavy atom. The number of aromatic nitrogens is 1. The summed E-state index contributed by atoms with van der Waals surface area (Å²) in [5.41, 5.74) is 2.68. The Kier molecular flexibility index (Phi) is 5.74. The second-order valence-electron chi connectivity index (χ2n) is 6.31. The maximum atomic E-state index is 12.3. The fraction of sp³-hybridized carbons (Fsp3) is 0.0435. The molecular weight excluding hydrogens is 448 g/mol. The minimum absolute atomic E-state index is 0.244. The summed E-state index contributed by atoms with van der Waals surface area (Å²) in [6.45, 7) is 0. The first-order valence-electron chi connectivity index (χ1n) is 8.90. The van der Waals surface area contributed by atoms with Gasteiger partial charge in [-0.1, -0.05) is 52.3 Å². The molecule has 0 aliphatic carbocycles. The number of amides is 1. The Hall–Kier alpha value is -2.96. The highest BCUT2D eigenvalue weighted by Gasteiger charge is 2.08. The summed E-state index contributed by atoms with van der Waals surface area (Å²) in [4.78, 5) is 16.9. The van der Waals surface area contributed by atoms with Crippen LogP contribution in [0.15, 0.2) is 76.6 Å². The van der Waals surface area contributed by atoms with Gasteiger partial charge < -0.3 is 4.74 Å². The third kappa shape index (κ3) is 4.55. The number of carbonyl (C=O) groups excluding carboxylic acids is 1. The van der Waals surface area contributed by atoms with Gasteiger partial charge in [0.2, 0.25) is 5.91 Å². The van der Waals surface area contributed by atoms with Crippen LogP contribution in [0, 0.1) is 0 Å². The van der Waals surface area contributed by atoms with Gasteiger partial charge in [0.05, 0.1) is 12.8 Å². The van der Waals surface area contributed by atoms with Crippen LogP contribution in [0.2, 0.25) is 0 Å². The van der Waals surface area contributed by atoms with E-state index in [0.29, 0.717) is 10.9 Å². The van der Waals surface area contributed by atoms with Crippen LogP contribution in [0.25, 0.3) is 28.1 Å². The number of hydrogen-bond acceptors (Lipinski definition) is 4. The van der Waals surface area contributed by atoms with Crippen LogP contribution >= 0.6 is 27.3 Å². The predicted octanol–water partition coefficient (Wildman–Crippen LogP) is 6.39. The molecule has 1 heterocycles. The molecule has 0 aliphatic rings. The van der Waals surface area contributed by atoms with E-state index in [2.05, 4.69) is 50.5 Å². The van der Waals surface area contributed by atoms with E-state index < -0.39 is 0 Å². The number of carbonyl (C=O) groups is 1. The summed E-state index contributed by atoms with van der Waals surface area (Å²) < 4.78 is 6.23. The quantitative estimate of drug-likeness (QED) is 0.348. The second-order valence-corrected chi connectivity index (χ2v) is 8.08. The minimum Gasteiger partial charge on any atom is -0.496 e. The third-order valence-corrected chi connectivity index (χ3v) is 5.64. The second kappa shape index (κ2) is 8.59. The molecule has 0 atom stereocenters. The monoisotopic (exact) mass is 464 g/mol. The van der Waals surface area contributed by atoms with Crippen LogP contribution in [0.4, 0.5) is 5.13 Å². The van der Waals surface area contributed by atoms with E-state index in [1.165, 1.54) is 22.8 Å². The summed E-state index contributed by atoms with van der Waals surface area (Å²) >= 11 is 4.83. The standard InChI is InChI=1S/C23H17BrN2O2S/c1-28-21-10-9-19(24)13-18(21)8-11-22(27)26-23-25-20(14-29-23)17-7-6-15-4-2-3-5-16(15)12-17/h2-14H,1H3,(H,25,26,27)/b11-8+. The van der Waals surface area contributed by atoms with Crippen molar-refractivity contribution in [2.45, 2.75) is 0 Å². The molecule has 0 aliphatic heterocycles. The number of anilines is 1. The molecule has 0 saturated carbocycles. The Morgan fingerprint density at radius 2 is 1.93 bits per heavy atom. The molecule has 0 saturated heterocycles. The van der Waals surface area contributed by atoms with Gasteiger partial charge in [0.1, 0.15) is 5.75 Å². The molecule has 144 valence electrons. The maximum Gasteiger partial charge on any atom is 0.250 e. The van der Waals surface area contributed by atoms with Crippen molar-refractivity contribution in [3.63, 3.8) is 0 Å². The van der Waals surface area contributed by atoms with E-state index in [4.69, 9.17) is 4.74 Å². The van der Waals surface area contributed by atoms with Crippen LogP contribution in [0.5, 0.6) is 5.75 Å². The Morgan fingerprint density at radius 1 is 1.10 bits per heavy atom. The van der Waals surface area contributed by atoms with E-state index in [1.807, 2.05) is 41.8 Å². The van der Waals surface area contributed by atoms with Gasteiger partial charge in [-0.25, -0.2) is 4.98 Å². The van der Waals surface area contributed by atoms with Crippen molar-refractivity contribution in [2.75, 3.05) is 12.4 Å². The first-order chi connectivity index (χ1) is 14.1. The van der Waals surface area contributed by atoms with Crippen molar-refractivity contribution in [3.8, 4) is 17.0 Å². The number of ether oxygens (including phenoxy) is 1. The molecule has 0 unspecified atom stereocenters. The van der Waals surface area contributed by atoms with Crippen molar-refractivity contribution in [2.24, 2.45) is 0 Å². The van der Waals surface area contributed by atoms with Crippen LogP contribution < -0.4 is 10.1 Å². The van der Waals surface area contributed by atoms with E-state index in [1.54, 1.807) is 13.2 Å². The Labute approximate surface area is 181 Å². The molecule has 0 radical (unpaired) electrons. The van der Waals surface area contributed by atoms with Gasteiger partial charge in [0, 0.05) is 27.1 Å². The molecule has 4 rings (SSSR count). The summed E-state index contributed by atoms with van der Waals surface area (Å²) in [5.74, 6) is 0.455. The molecule has 0 fully saturated rings. The summed E-state index contributed by atoms with van der Waals surface area (Å²) in [7, 11) is 1.60. The lowest BCUT2D eigenvalue weighted by molar-refractivity contribution is -0.111. The smallest absolute Gasteiger partial charge is 0.250 e. The van der Waals surface area contributed by atoms with Gasteiger partial charge in [-0.15, -0.1) is 11.3 Å². The van der Waals surface area contributed by atoms with Gasteiger partial charge in [-0.3, -0.25) is 10.1 Å². The van der Waals surface area contributed by atoms with Crippen LogP contribution in [0.1, 0.15) is 5.56 Å². The van der Waals surface area contributed by atoms with Crippen LogP contribution in [-0.4, -0.2) is 18.0 Å². The molecule has 3 aromatic carbocycles. The highest BCUT2D eigenvalue weighted by atomic mass is 79.9. The van der Waals surface area contributed by atoms with E-state index >= 15 is 0 Å². The van der Waals surface area contributed by atoms with Crippen molar-refractivity contribution < 1.29 is 9.53 Å². The lowest BCUT2D eigenvalue weighted by Crippen LogP contribution is -2.07. The van der Waals surface area contributed by atoms with E-state index in [-0.39, 0.29) is 5.91 Å². The van der Waals surface area contributed by atoms with Gasteiger partial charge in [0.15, 0.2) is 5.13 Å². The lowest BCUT2D eigenvalue weighted by Gasteiger charge is -2.04. The number of halogens is 1. The molecule has 0 bridgehead atoms. The zero-order valence-electron chi connectivity index (χ0n) is 15.6. The molecule has 1 N–H and O–H groups in total. The average Bonchev–Trinajstić information content (AvgIpc) is 3.20. The minimum atomic E-state index is -0.244. The van der Waals surface area contributed by atoms with Crippen molar-refractivity contribution >= 4 is 55.2 Å². The number of hydrogen-bond donors (Lipinski definition) is 1. The van der Waals surface area contributed by atoms with Crippen LogP contribution in [-0.2, 0) is 4.79 Å². The molecular formula is C23H17BrN2O2S. The lowest BCUT2D eigenvalue weighted by atomic mass is 10.1. The van der Waals surface area contributed by atoms with Gasteiger partial charge in [-0.05, 0) is 41.1 Å². The highest BCUT2D eigenvalue weighted by Crippen LogP contribution is 2.28. The first-order valence-corrected chi connectivity index (χ1v) is 10.6. The summed E-state index contributed by atoms with van der Waals surface area (Å²) in [5, 5.41) is 7.67. The fourth-order valence-electron chi connectivity index (χ4n) is 2.96. The highest BCUT2D eigenvalue weighted by molar-refractivity contribution is 9.10. The topological polar surface area (TPSA) is 51.2 Å². The largest absolute Gasteiger partial charge is 0.496 e. The predicted molar refractivity (Wildman–Crippen MR) is 123 cm³/mol. The van der Waals surface area contributed by atoms with Crippen LogP contribution in [0.3, 0.4) is 0 Å². The zero-order valence-corrected chi connectivity index (χ0v) is 18.0. The number of fused-ring (bicyclic) bond motifs is 1. The number of thiazole rings is 1. The SMILES string of the molecule is COc1ccc(Br)cc1/C=C/C(=O)Nc1nc(-c2ccc3ccccc3c2)cs1. The summed E-state index contributed by atoms with van der Waals surface area (Å²) in [6.07, 6.45) is 3.19. The molecule has 4 nitrogen and oxygen atoms in total. The molecule has 1 amide bonds. The number of benzene rings is 3. The fourth-order valence-corrected chi connectivity index (χ4v) is 4.06. The van der Waals surface area contributed by atoms with Crippen molar-refractivity contribution in [1.29, 1.82) is 0 Å². The molecule has 6 heteroatoms. The van der Waals surface area contributed by atoms with E-state index in [9.17, 15) is 4.79 Å². The molecule has 1 aromatic heterocycles.